The van der Waals surface area contributed by atoms with E-state index in [4.69, 9.17) is 5.73 Å². The maximum atomic E-state index is 5.69. The van der Waals surface area contributed by atoms with E-state index >= 15 is 0 Å². The molecule has 0 saturated heterocycles. The van der Waals surface area contributed by atoms with Gasteiger partial charge in [0.2, 0.25) is 0 Å². The normalized spacial score (nSPS) is 14.3. The fourth-order valence-electron chi connectivity index (χ4n) is 0.628. The second-order valence-corrected chi connectivity index (χ2v) is 2.76. The summed E-state index contributed by atoms with van der Waals surface area (Å²) < 4.78 is 0. The van der Waals surface area contributed by atoms with Crippen LogP contribution in [0.2, 0.25) is 0 Å². The molecule has 1 atom stereocenters. The van der Waals surface area contributed by atoms with Gasteiger partial charge < -0.3 is 10.6 Å². The number of hydrogen-bond donors (Lipinski definition) is 1. The van der Waals surface area contributed by atoms with Crippen LogP contribution in [0.25, 0.3) is 0 Å². The van der Waals surface area contributed by atoms with Crippen LogP contribution in [0.1, 0.15) is 19.8 Å². The van der Waals surface area contributed by atoms with Gasteiger partial charge in [-0.3, -0.25) is 0 Å². The number of nitrogens with two attached hydrogens (primary N) is 1. The molecule has 0 bridgehead atoms. The van der Waals surface area contributed by atoms with Crippen LogP contribution < -0.4 is 5.73 Å². The first-order valence-corrected chi connectivity index (χ1v) is 3.57. The van der Waals surface area contributed by atoms with Crippen molar-refractivity contribution in [3.63, 3.8) is 0 Å². The zero-order valence-corrected chi connectivity index (χ0v) is 6.72. The largest absolute Gasteiger partial charge is 0.328 e. The third-order valence-corrected chi connectivity index (χ3v) is 1.47. The summed E-state index contributed by atoms with van der Waals surface area (Å²) in [4.78, 5) is 2.16. The Balaban J connectivity index is 3.06. The minimum absolute atomic E-state index is 0.396. The maximum Gasteiger partial charge on any atom is 0.00483 e. The third kappa shape index (κ3) is 5.80. The van der Waals surface area contributed by atoms with Gasteiger partial charge in [0.1, 0.15) is 0 Å². The maximum absolute atomic E-state index is 5.69. The minimum Gasteiger partial charge on any atom is -0.328 e. The molecule has 56 valence electrons. The molecule has 0 aromatic rings. The second kappa shape index (κ2) is 4.77. The summed E-state index contributed by atoms with van der Waals surface area (Å²) >= 11 is 0. The van der Waals surface area contributed by atoms with E-state index in [2.05, 4.69) is 25.9 Å². The van der Waals surface area contributed by atoms with E-state index in [1.54, 1.807) is 0 Å². The van der Waals surface area contributed by atoms with Gasteiger partial charge in [-0.25, -0.2) is 0 Å². The topological polar surface area (TPSA) is 29.3 Å². The van der Waals surface area contributed by atoms with E-state index in [1.165, 1.54) is 0 Å². The lowest BCUT2D eigenvalue weighted by Gasteiger charge is -2.12. The van der Waals surface area contributed by atoms with Crippen molar-refractivity contribution in [2.45, 2.75) is 25.8 Å². The molecule has 0 amide bonds. The monoisotopic (exact) mass is 130 g/mol. The van der Waals surface area contributed by atoms with Crippen molar-refractivity contribution in [3.05, 3.63) is 0 Å². The van der Waals surface area contributed by atoms with Crippen molar-refractivity contribution in [1.82, 2.24) is 4.90 Å². The Labute approximate surface area is 58.0 Å². The molecule has 0 aliphatic carbocycles. The lowest BCUT2D eigenvalue weighted by molar-refractivity contribution is 0.378. The molecule has 0 aromatic carbocycles. The van der Waals surface area contributed by atoms with Crippen molar-refractivity contribution < 1.29 is 0 Å². The first-order valence-electron chi connectivity index (χ1n) is 3.57. The van der Waals surface area contributed by atoms with Gasteiger partial charge >= 0.3 is 0 Å². The Bertz CT molecular complexity index is 61.9. The first kappa shape index (κ1) is 8.92. The predicted octanol–water partition coefficient (Wildman–Crippen LogP) is 0.675. The molecule has 0 aliphatic heterocycles. The van der Waals surface area contributed by atoms with E-state index in [9.17, 15) is 0 Å². The molecule has 0 aromatic heterocycles. The van der Waals surface area contributed by atoms with Crippen LogP contribution in [-0.4, -0.2) is 31.6 Å². The summed E-state index contributed by atoms with van der Waals surface area (Å²) in [5.74, 6) is 0. The fourth-order valence-corrected chi connectivity index (χ4v) is 0.628. The molecule has 0 radical (unpaired) electrons. The Kier molecular flexibility index (Phi) is 4.72. The Morgan fingerprint density at radius 2 is 2.00 bits per heavy atom. The molecule has 0 spiro atoms. The smallest absolute Gasteiger partial charge is 0.00483 e. The molecule has 0 rings (SSSR count). The van der Waals surface area contributed by atoms with Crippen molar-refractivity contribution in [3.8, 4) is 0 Å². The third-order valence-electron chi connectivity index (χ3n) is 1.47. The van der Waals surface area contributed by atoms with Crippen molar-refractivity contribution >= 4 is 0 Å². The zero-order valence-electron chi connectivity index (χ0n) is 6.72. The number of nitrogens with zero attached hydrogens (tertiary/aromatic N) is 1. The molecule has 9 heavy (non-hydrogen) atoms. The van der Waals surface area contributed by atoms with Crippen LogP contribution in [0, 0.1) is 0 Å². The molecule has 2 nitrogen and oxygen atoms in total. The minimum atomic E-state index is 0.396. The average Bonchev–Trinajstić information content (AvgIpc) is 1.83. The SMILES string of the molecule is CCC(N)CCN(C)C. The van der Waals surface area contributed by atoms with E-state index in [0.717, 1.165) is 19.4 Å². The molecule has 0 saturated carbocycles. The van der Waals surface area contributed by atoms with Gasteiger partial charge in [0, 0.05) is 6.04 Å². The van der Waals surface area contributed by atoms with Gasteiger partial charge in [-0.15, -0.1) is 0 Å². The van der Waals surface area contributed by atoms with Crippen molar-refractivity contribution in [2.75, 3.05) is 20.6 Å². The summed E-state index contributed by atoms with van der Waals surface area (Å²) in [7, 11) is 4.14. The van der Waals surface area contributed by atoms with Crippen LogP contribution in [0.3, 0.4) is 0 Å². The highest BCUT2D eigenvalue weighted by Crippen LogP contribution is 1.93. The summed E-state index contributed by atoms with van der Waals surface area (Å²) in [5, 5.41) is 0. The van der Waals surface area contributed by atoms with Crippen LogP contribution in [0.5, 0.6) is 0 Å². The molecule has 0 aliphatic rings. The first-order chi connectivity index (χ1) is 4.16. The van der Waals surface area contributed by atoms with Gasteiger partial charge in [0.25, 0.3) is 0 Å². The Hall–Kier alpha value is -0.0800. The zero-order chi connectivity index (χ0) is 7.28. The van der Waals surface area contributed by atoms with Crippen molar-refractivity contribution in [1.29, 1.82) is 0 Å². The molecule has 0 fully saturated rings. The van der Waals surface area contributed by atoms with Crippen LogP contribution in [0.15, 0.2) is 0 Å². The lowest BCUT2D eigenvalue weighted by atomic mass is 10.2. The van der Waals surface area contributed by atoms with Gasteiger partial charge in [0.05, 0.1) is 0 Å². The molecular weight excluding hydrogens is 112 g/mol. The van der Waals surface area contributed by atoms with Gasteiger partial charge in [-0.1, -0.05) is 6.92 Å². The summed E-state index contributed by atoms with van der Waals surface area (Å²) in [6, 6.07) is 0.396. The number of rotatable bonds is 4. The number of hydrogen-bond acceptors (Lipinski definition) is 2. The lowest BCUT2D eigenvalue weighted by Crippen LogP contribution is -2.25. The van der Waals surface area contributed by atoms with Gasteiger partial charge in [0.15, 0.2) is 0 Å². The Morgan fingerprint density at radius 3 is 2.33 bits per heavy atom. The highest BCUT2D eigenvalue weighted by atomic mass is 15.0. The quantitative estimate of drug-likeness (QED) is 0.606. The van der Waals surface area contributed by atoms with Crippen LogP contribution in [-0.2, 0) is 0 Å². The summed E-state index contributed by atoms with van der Waals surface area (Å²) in [6.07, 6.45) is 2.21. The fraction of sp³-hybridized carbons (Fsp3) is 1.00. The van der Waals surface area contributed by atoms with E-state index in [1.807, 2.05) is 0 Å². The average molecular weight is 130 g/mol. The van der Waals surface area contributed by atoms with Crippen LogP contribution >= 0.6 is 0 Å². The molecule has 1 unspecified atom stereocenters. The second-order valence-electron chi connectivity index (χ2n) is 2.76. The van der Waals surface area contributed by atoms with E-state index < -0.39 is 0 Å². The highest BCUT2D eigenvalue weighted by Gasteiger charge is 1.97. The molecule has 2 N–H and O–H groups in total. The van der Waals surface area contributed by atoms with Gasteiger partial charge in [-0.05, 0) is 33.5 Å². The standard InChI is InChI=1S/C7H18N2/c1-4-7(8)5-6-9(2)3/h7H,4-6,8H2,1-3H3. The molecular formula is C7H18N2. The van der Waals surface area contributed by atoms with Crippen LogP contribution in [0.4, 0.5) is 0 Å². The molecule has 2 heteroatoms. The molecule has 0 heterocycles. The van der Waals surface area contributed by atoms with Crippen molar-refractivity contribution in [2.24, 2.45) is 5.73 Å². The summed E-state index contributed by atoms with van der Waals surface area (Å²) in [5.41, 5.74) is 5.69. The summed E-state index contributed by atoms with van der Waals surface area (Å²) in [6.45, 7) is 3.23. The Morgan fingerprint density at radius 1 is 1.44 bits per heavy atom. The predicted molar refractivity (Wildman–Crippen MR) is 41.4 cm³/mol. The van der Waals surface area contributed by atoms with E-state index in [0.29, 0.717) is 6.04 Å². The highest BCUT2D eigenvalue weighted by molar-refractivity contribution is 4.59. The van der Waals surface area contributed by atoms with E-state index in [-0.39, 0.29) is 0 Å². The van der Waals surface area contributed by atoms with Gasteiger partial charge in [-0.2, -0.15) is 0 Å².